The quantitative estimate of drug-likeness (QED) is 0.805. The summed E-state index contributed by atoms with van der Waals surface area (Å²) in [7, 11) is 0. The molecule has 0 spiro atoms. The molecule has 2 aliphatic rings. The van der Waals surface area contributed by atoms with Gasteiger partial charge in [-0.3, -0.25) is 0 Å². The van der Waals surface area contributed by atoms with Crippen LogP contribution in [0.15, 0.2) is 0 Å². The molecular weight excluding hydrogens is 258 g/mol. The summed E-state index contributed by atoms with van der Waals surface area (Å²) in [6.45, 7) is 10.00. The van der Waals surface area contributed by atoms with Crippen molar-refractivity contribution in [3.8, 4) is 0 Å². The van der Waals surface area contributed by atoms with E-state index in [4.69, 9.17) is 5.73 Å². The fourth-order valence-corrected chi connectivity index (χ4v) is 5.09. The van der Waals surface area contributed by atoms with Crippen molar-refractivity contribution in [3.63, 3.8) is 0 Å². The fourth-order valence-electron chi connectivity index (χ4n) is 5.09. The smallest absolute Gasteiger partial charge is 0.0718 e. The Morgan fingerprint density at radius 2 is 1.71 bits per heavy atom. The summed E-state index contributed by atoms with van der Waals surface area (Å²) in [4.78, 5) is 0. The number of hydrogen-bond donors (Lipinski definition) is 2. The minimum absolute atomic E-state index is 0.0113. The Kier molecular flexibility index (Phi) is 5.10. The van der Waals surface area contributed by atoms with Gasteiger partial charge in [0.25, 0.3) is 0 Å². The Hall–Kier alpha value is -0.0800. The van der Waals surface area contributed by atoms with Crippen LogP contribution in [0.1, 0.15) is 85.5 Å². The lowest BCUT2D eigenvalue weighted by molar-refractivity contribution is -0.141. The second kappa shape index (κ2) is 6.20. The molecule has 2 unspecified atom stereocenters. The van der Waals surface area contributed by atoms with E-state index in [-0.39, 0.29) is 5.41 Å². The van der Waals surface area contributed by atoms with E-state index in [1.54, 1.807) is 0 Å². The normalized spacial score (nSPS) is 42.0. The first-order valence-corrected chi connectivity index (χ1v) is 9.19. The van der Waals surface area contributed by atoms with E-state index >= 15 is 0 Å². The van der Waals surface area contributed by atoms with Crippen LogP contribution in [0.25, 0.3) is 0 Å². The van der Waals surface area contributed by atoms with E-state index in [9.17, 15) is 5.11 Å². The number of aliphatic hydroxyl groups is 1. The first-order chi connectivity index (χ1) is 9.76. The molecule has 0 amide bonds. The van der Waals surface area contributed by atoms with Crippen molar-refractivity contribution < 1.29 is 5.11 Å². The van der Waals surface area contributed by atoms with Gasteiger partial charge in [0.15, 0.2) is 0 Å². The summed E-state index contributed by atoms with van der Waals surface area (Å²) in [6.07, 6.45) is 10.4. The molecule has 0 heterocycles. The van der Waals surface area contributed by atoms with Gasteiger partial charge < -0.3 is 10.8 Å². The molecule has 0 bridgehead atoms. The number of nitrogens with two attached hydrogens (primary N) is 1. The van der Waals surface area contributed by atoms with Crippen LogP contribution in [0, 0.1) is 22.7 Å². The number of rotatable bonds is 3. The van der Waals surface area contributed by atoms with Gasteiger partial charge in [-0.15, -0.1) is 0 Å². The monoisotopic (exact) mass is 295 g/mol. The maximum Gasteiger partial charge on any atom is 0.0718 e. The summed E-state index contributed by atoms with van der Waals surface area (Å²) >= 11 is 0. The third-order valence-electron chi connectivity index (χ3n) is 6.95. The zero-order valence-electron chi connectivity index (χ0n) is 14.8. The summed E-state index contributed by atoms with van der Waals surface area (Å²) < 4.78 is 0. The molecular formula is C19H37NO. The van der Waals surface area contributed by atoms with Gasteiger partial charge in [0, 0.05) is 12.0 Å². The molecule has 2 rings (SSSR count). The number of hydrogen-bond acceptors (Lipinski definition) is 2. The van der Waals surface area contributed by atoms with Gasteiger partial charge in [-0.2, -0.15) is 0 Å². The Bertz CT molecular complexity index is 338. The van der Waals surface area contributed by atoms with Crippen LogP contribution >= 0.6 is 0 Å². The van der Waals surface area contributed by atoms with Gasteiger partial charge in [0.1, 0.15) is 0 Å². The van der Waals surface area contributed by atoms with Gasteiger partial charge in [0.05, 0.1) is 5.60 Å². The van der Waals surface area contributed by atoms with Crippen LogP contribution in [0.4, 0.5) is 0 Å². The van der Waals surface area contributed by atoms with Gasteiger partial charge in [-0.05, 0) is 55.8 Å². The SMILES string of the molecule is CCC1CCCC(O)(C2(CN)CCC(C(C)(C)C)CC2)C1. The molecule has 2 heteroatoms. The molecule has 21 heavy (non-hydrogen) atoms. The van der Waals surface area contributed by atoms with Crippen molar-refractivity contribution in [1.29, 1.82) is 0 Å². The van der Waals surface area contributed by atoms with Gasteiger partial charge in [-0.25, -0.2) is 0 Å². The van der Waals surface area contributed by atoms with Gasteiger partial charge in [0.2, 0.25) is 0 Å². The lowest BCUT2D eigenvalue weighted by Gasteiger charge is -2.54. The molecule has 0 aliphatic heterocycles. The van der Waals surface area contributed by atoms with Crippen molar-refractivity contribution in [2.24, 2.45) is 28.4 Å². The molecule has 3 N–H and O–H groups in total. The minimum atomic E-state index is -0.496. The third kappa shape index (κ3) is 3.32. The lowest BCUT2D eigenvalue weighted by atomic mass is 9.54. The maximum absolute atomic E-state index is 11.5. The van der Waals surface area contributed by atoms with Crippen LogP contribution in [0.3, 0.4) is 0 Å². The van der Waals surface area contributed by atoms with Crippen molar-refractivity contribution >= 4 is 0 Å². The highest BCUT2D eigenvalue weighted by Crippen LogP contribution is 2.54. The average molecular weight is 296 g/mol. The van der Waals surface area contributed by atoms with Crippen LogP contribution < -0.4 is 5.73 Å². The first-order valence-electron chi connectivity index (χ1n) is 9.19. The van der Waals surface area contributed by atoms with Crippen LogP contribution in [-0.4, -0.2) is 17.3 Å². The average Bonchev–Trinajstić information content (AvgIpc) is 2.46. The van der Waals surface area contributed by atoms with Crippen molar-refractivity contribution in [2.45, 2.75) is 91.1 Å². The molecule has 0 saturated heterocycles. The summed E-state index contributed by atoms with van der Waals surface area (Å²) in [5.74, 6) is 1.49. The molecule has 124 valence electrons. The predicted octanol–water partition coefficient (Wildman–Crippen LogP) is 4.50. The minimum Gasteiger partial charge on any atom is -0.389 e. The fraction of sp³-hybridized carbons (Fsp3) is 1.00. The third-order valence-corrected chi connectivity index (χ3v) is 6.95. The molecule has 0 aromatic carbocycles. The second-order valence-electron chi connectivity index (χ2n) is 9.03. The Morgan fingerprint density at radius 1 is 1.10 bits per heavy atom. The Balaban J connectivity index is 2.12. The first kappa shape index (κ1) is 17.3. The van der Waals surface area contributed by atoms with Crippen LogP contribution in [0.2, 0.25) is 0 Å². The second-order valence-corrected chi connectivity index (χ2v) is 9.03. The standard InChI is InChI=1S/C19H37NO/c1-5-15-7-6-10-19(21,13-15)18(14-20)11-8-16(9-12-18)17(2,3)4/h15-16,21H,5-14,20H2,1-4H3. The maximum atomic E-state index is 11.5. The lowest BCUT2D eigenvalue weighted by Crippen LogP contribution is -2.56. The largest absolute Gasteiger partial charge is 0.389 e. The summed E-state index contributed by atoms with van der Waals surface area (Å²) in [5.41, 5.74) is 6.12. The van der Waals surface area contributed by atoms with Gasteiger partial charge >= 0.3 is 0 Å². The van der Waals surface area contributed by atoms with Crippen LogP contribution in [-0.2, 0) is 0 Å². The van der Waals surface area contributed by atoms with Crippen molar-refractivity contribution in [1.82, 2.24) is 0 Å². The predicted molar refractivity (Wildman–Crippen MR) is 90.1 cm³/mol. The molecule has 2 atom stereocenters. The highest BCUT2D eigenvalue weighted by Gasteiger charge is 2.52. The Morgan fingerprint density at radius 3 is 2.19 bits per heavy atom. The van der Waals surface area contributed by atoms with E-state index in [2.05, 4.69) is 27.7 Å². The molecule has 2 saturated carbocycles. The molecule has 2 aliphatic carbocycles. The van der Waals surface area contributed by atoms with E-state index < -0.39 is 5.60 Å². The zero-order chi connectivity index (χ0) is 15.7. The Labute approximate surface area is 131 Å². The molecule has 0 aromatic rings. The molecule has 0 radical (unpaired) electrons. The molecule has 2 nitrogen and oxygen atoms in total. The van der Waals surface area contributed by atoms with E-state index in [0.717, 1.165) is 31.6 Å². The van der Waals surface area contributed by atoms with Crippen molar-refractivity contribution in [3.05, 3.63) is 0 Å². The molecule has 2 fully saturated rings. The van der Waals surface area contributed by atoms with E-state index in [0.29, 0.717) is 17.9 Å². The zero-order valence-corrected chi connectivity index (χ0v) is 14.8. The molecule has 0 aromatic heterocycles. The highest BCUT2D eigenvalue weighted by molar-refractivity contribution is 5.05. The van der Waals surface area contributed by atoms with E-state index in [1.165, 1.54) is 32.1 Å². The summed E-state index contributed by atoms with van der Waals surface area (Å²) in [6, 6.07) is 0. The highest BCUT2D eigenvalue weighted by atomic mass is 16.3. The van der Waals surface area contributed by atoms with E-state index in [1.807, 2.05) is 0 Å². The van der Waals surface area contributed by atoms with Crippen molar-refractivity contribution in [2.75, 3.05) is 6.54 Å². The topological polar surface area (TPSA) is 46.2 Å². The summed E-state index contributed by atoms with van der Waals surface area (Å²) in [5, 5.41) is 11.5. The van der Waals surface area contributed by atoms with Crippen LogP contribution in [0.5, 0.6) is 0 Å². The van der Waals surface area contributed by atoms with Gasteiger partial charge in [-0.1, -0.05) is 47.0 Å².